The molecule has 0 bridgehead atoms. The first kappa shape index (κ1) is 20.3. The van der Waals surface area contributed by atoms with Crippen LogP contribution in [0.3, 0.4) is 0 Å². The molecule has 2 rings (SSSR count). The number of likely N-dealkylation sites (N-methyl/N-ethyl adjacent to an activating group) is 1. The lowest BCUT2D eigenvalue weighted by atomic mass is 10.1. The van der Waals surface area contributed by atoms with E-state index >= 15 is 0 Å². The van der Waals surface area contributed by atoms with E-state index in [1.807, 2.05) is 43.1 Å². The molecule has 1 N–H and O–H groups in total. The number of anilines is 1. The zero-order valence-electron chi connectivity index (χ0n) is 14.8. The second-order valence-corrected chi connectivity index (χ2v) is 6.79. The van der Waals surface area contributed by atoms with Gasteiger partial charge in [-0.1, -0.05) is 48.0 Å². The zero-order valence-corrected chi connectivity index (χ0v) is 16.3. The van der Waals surface area contributed by atoms with Crippen LogP contribution in [0.15, 0.2) is 55.1 Å². The fourth-order valence-electron chi connectivity index (χ4n) is 2.30. The molecule has 0 aliphatic rings. The van der Waals surface area contributed by atoms with Crippen molar-refractivity contribution in [2.45, 2.75) is 19.5 Å². The molecule has 0 radical (unpaired) electrons. The van der Waals surface area contributed by atoms with Gasteiger partial charge in [0.2, 0.25) is 5.91 Å². The quantitative estimate of drug-likeness (QED) is 0.641. The van der Waals surface area contributed by atoms with Crippen LogP contribution in [0.25, 0.3) is 0 Å². The fourth-order valence-corrected chi connectivity index (χ4v) is 2.64. The van der Waals surface area contributed by atoms with E-state index in [4.69, 9.17) is 27.9 Å². The van der Waals surface area contributed by atoms with E-state index in [1.165, 1.54) is 0 Å². The van der Waals surface area contributed by atoms with Crippen LogP contribution < -0.4 is 10.1 Å². The van der Waals surface area contributed by atoms with Gasteiger partial charge in [-0.05, 0) is 49.9 Å². The molecule has 0 aromatic heterocycles. The average molecular weight is 393 g/mol. The van der Waals surface area contributed by atoms with Crippen molar-refractivity contribution in [3.63, 3.8) is 0 Å². The van der Waals surface area contributed by atoms with Gasteiger partial charge in [0.25, 0.3) is 0 Å². The van der Waals surface area contributed by atoms with Crippen LogP contribution in [-0.4, -0.2) is 30.5 Å². The summed E-state index contributed by atoms with van der Waals surface area (Å²) >= 11 is 12.1. The van der Waals surface area contributed by atoms with Crippen molar-refractivity contribution in [1.82, 2.24) is 4.90 Å². The number of benzene rings is 2. The number of halogens is 2. The molecule has 2 aromatic carbocycles. The van der Waals surface area contributed by atoms with Gasteiger partial charge in [0.1, 0.15) is 12.4 Å². The number of nitrogens with zero attached hydrogens (tertiary/aromatic N) is 1. The van der Waals surface area contributed by atoms with E-state index in [9.17, 15) is 4.79 Å². The smallest absolute Gasteiger partial charge is 0.241 e. The third-order valence-electron chi connectivity index (χ3n) is 3.95. The van der Waals surface area contributed by atoms with Crippen LogP contribution in [0.2, 0.25) is 10.0 Å². The van der Waals surface area contributed by atoms with Crippen LogP contribution in [0, 0.1) is 0 Å². The lowest BCUT2D eigenvalue weighted by Crippen LogP contribution is -2.39. The molecule has 0 fully saturated rings. The summed E-state index contributed by atoms with van der Waals surface area (Å²) < 4.78 is 5.47. The Morgan fingerprint density at radius 1 is 1.27 bits per heavy atom. The van der Waals surface area contributed by atoms with Gasteiger partial charge < -0.3 is 10.1 Å². The van der Waals surface area contributed by atoms with Crippen LogP contribution in [0.5, 0.6) is 5.75 Å². The lowest BCUT2D eigenvalue weighted by molar-refractivity contribution is -0.120. The molecule has 0 aliphatic heterocycles. The highest BCUT2D eigenvalue weighted by atomic mass is 35.5. The Kier molecular flexibility index (Phi) is 7.51. The van der Waals surface area contributed by atoms with Gasteiger partial charge >= 0.3 is 0 Å². The van der Waals surface area contributed by atoms with E-state index in [2.05, 4.69) is 11.9 Å². The molecule has 26 heavy (non-hydrogen) atoms. The largest absolute Gasteiger partial charge is 0.490 e. The van der Waals surface area contributed by atoms with Crippen molar-refractivity contribution in [2.75, 3.05) is 19.0 Å². The molecule has 1 unspecified atom stereocenters. The Morgan fingerprint density at radius 3 is 2.62 bits per heavy atom. The first-order valence-electron chi connectivity index (χ1n) is 8.19. The Hall–Kier alpha value is -2.01. The van der Waals surface area contributed by atoms with Crippen molar-refractivity contribution in [1.29, 1.82) is 0 Å². The van der Waals surface area contributed by atoms with Crippen molar-refractivity contribution < 1.29 is 9.53 Å². The van der Waals surface area contributed by atoms with E-state index in [0.717, 1.165) is 11.3 Å². The molecule has 1 amide bonds. The second-order valence-electron chi connectivity index (χ2n) is 5.95. The molecule has 4 nitrogen and oxygen atoms in total. The number of nitrogens with one attached hydrogen (secondary N) is 1. The number of ether oxygens (including phenoxy) is 1. The number of carbonyl (C=O) groups excluding carboxylic acids is 1. The molecule has 2 aromatic rings. The Balaban J connectivity index is 1.95. The predicted octanol–water partition coefficient (Wildman–Crippen LogP) is 5.02. The van der Waals surface area contributed by atoms with Crippen molar-refractivity contribution in [2.24, 2.45) is 0 Å². The molecule has 6 heteroatoms. The van der Waals surface area contributed by atoms with E-state index in [-0.39, 0.29) is 11.9 Å². The molecular weight excluding hydrogens is 371 g/mol. The number of amides is 1. The SMILES string of the molecule is C=CCOc1ccc(CN(C)C(C)C(=O)Nc2cc(Cl)ccc2Cl)cc1. The third-order valence-corrected chi connectivity index (χ3v) is 4.51. The average Bonchev–Trinajstić information content (AvgIpc) is 2.63. The number of carbonyl (C=O) groups is 1. The molecule has 0 spiro atoms. The number of hydrogen-bond donors (Lipinski definition) is 1. The maximum Gasteiger partial charge on any atom is 0.241 e. The summed E-state index contributed by atoms with van der Waals surface area (Å²) in [5, 5.41) is 3.79. The summed E-state index contributed by atoms with van der Waals surface area (Å²) in [5.41, 5.74) is 1.59. The highest BCUT2D eigenvalue weighted by Gasteiger charge is 2.19. The normalized spacial score (nSPS) is 11.9. The zero-order chi connectivity index (χ0) is 19.1. The molecule has 0 heterocycles. The maximum atomic E-state index is 12.5. The van der Waals surface area contributed by atoms with Crippen molar-refractivity contribution in [3.8, 4) is 5.75 Å². The molecule has 138 valence electrons. The minimum atomic E-state index is -0.346. The summed E-state index contributed by atoms with van der Waals surface area (Å²) in [7, 11) is 1.89. The molecular formula is C20H22Cl2N2O2. The van der Waals surface area contributed by atoms with E-state index in [1.54, 1.807) is 24.3 Å². The van der Waals surface area contributed by atoms with Gasteiger partial charge in [-0.25, -0.2) is 0 Å². The summed E-state index contributed by atoms with van der Waals surface area (Å²) in [4.78, 5) is 14.4. The van der Waals surface area contributed by atoms with Crippen LogP contribution in [-0.2, 0) is 11.3 Å². The maximum absolute atomic E-state index is 12.5. The van der Waals surface area contributed by atoms with Crippen LogP contribution in [0.4, 0.5) is 5.69 Å². The predicted molar refractivity (Wildman–Crippen MR) is 108 cm³/mol. The van der Waals surface area contributed by atoms with Gasteiger partial charge in [-0.15, -0.1) is 0 Å². The molecule has 0 saturated heterocycles. The minimum absolute atomic E-state index is 0.150. The van der Waals surface area contributed by atoms with Gasteiger partial charge in [0.15, 0.2) is 0 Å². The fraction of sp³-hybridized carbons (Fsp3) is 0.250. The monoisotopic (exact) mass is 392 g/mol. The Labute approximate surface area is 164 Å². The third kappa shape index (κ3) is 5.77. The number of hydrogen-bond acceptors (Lipinski definition) is 3. The van der Waals surface area contributed by atoms with Crippen LogP contribution in [0.1, 0.15) is 12.5 Å². The Morgan fingerprint density at radius 2 is 1.96 bits per heavy atom. The molecule has 0 saturated carbocycles. The van der Waals surface area contributed by atoms with Gasteiger partial charge in [-0.2, -0.15) is 0 Å². The second kappa shape index (κ2) is 9.62. The summed E-state index contributed by atoms with van der Waals surface area (Å²) in [6, 6.07) is 12.4. The van der Waals surface area contributed by atoms with Gasteiger partial charge in [0, 0.05) is 11.6 Å². The van der Waals surface area contributed by atoms with Crippen molar-refractivity contribution >= 4 is 34.8 Å². The highest BCUT2D eigenvalue weighted by Crippen LogP contribution is 2.25. The van der Waals surface area contributed by atoms with Crippen molar-refractivity contribution in [3.05, 3.63) is 70.7 Å². The first-order valence-corrected chi connectivity index (χ1v) is 8.95. The first-order chi connectivity index (χ1) is 12.4. The van der Waals surface area contributed by atoms with E-state index < -0.39 is 0 Å². The minimum Gasteiger partial charge on any atom is -0.490 e. The highest BCUT2D eigenvalue weighted by molar-refractivity contribution is 6.35. The standard InChI is InChI=1S/C20H22Cl2N2O2/c1-4-11-26-17-8-5-15(6-9-17)13-24(3)14(2)20(25)23-19-12-16(21)7-10-18(19)22/h4-10,12,14H,1,11,13H2,2-3H3,(H,23,25). The Bertz CT molecular complexity index is 763. The molecule has 1 atom stereocenters. The number of rotatable bonds is 8. The summed E-state index contributed by atoms with van der Waals surface area (Å²) in [5.74, 6) is 0.639. The van der Waals surface area contributed by atoms with Crippen LogP contribution >= 0.6 is 23.2 Å². The lowest BCUT2D eigenvalue weighted by Gasteiger charge is -2.24. The summed E-state index contributed by atoms with van der Waals surface area (Å²) in [6.07, 6.45) is 1.70. The van der Waals surface area contributed by atoms with Gasteiger partial charge in [0.05, 0.1) is 16.8 Å². The topological polar surface area (TPSA) is 41.6 Å². The summed E-state index contributed by atoms with van der Waals surface area (Å²) in [6.45, 7) is 6.57. The van der Waals surface area contributed by atoms with Gasteiger partial charge in [-0.3, -0.25) is 9.69 Å². The van der Waals surface area contributed by atoms with E-state index in [0.29, 0.717) is 28.9 Å². The molecule has 0 aliphatic carbocycles.